The van der Waals surface area contributed by atoms with Crippen LogP contribution in [0, 0.1) is 5.82 Å². The Bertz CT molecular complexity index is 1170. The second kappa shape index (κ2) is 6.64. The molecule has 0 fully saturated rings. The Labute approximate surface area is 155 Å². The molecule has 1 N–H and O–H groups in total. The van der Waals surface area contributed by atoms with Gasteiger partial charge in [-0.05, 0) is 54.1 Å². The molecule has 6 heteroatoms. The molecule has 0 bridgehead atoms. The molecule has 0 spiro atoms. The molecular formula is C21H17FN4O. The van der Waals surface area contributed by atoms with Crippen LogP contribution in [0.2, 0.25) is 0 Å². The third kappa shape index (κ3) is 3.29. The van der Waals surface area contributed by atoms with Gasteiger partial charge in [-0.1, -0.05) is 6.07 Å². The lowest BCUT2D eigenvalue weighted by Gasteiger charge is -2.12. The highest BCUT2D eigenvalue weighted by Gasteiger charge is 2.10. The van der Waals surface area contributed by atoms with Gasteiger partial charge in [-0.2, -0.15) is 4.98 Å². The number of aromatic amines is 1. The number of nitrogens with one attached hydrogen (secondary N) is 1. The minimum atomic E-state index is -0.438. The molecule has 0 amide bonds. The van der Waals surface area contributed by atoms with E-state index in [1.807, 2.05) is 55.5 Å². The summed E-state index contributed by atoms with van der Waals surface area (Å²) in [7, 11) is 3.88. The van der Waals surface area contributed by atoms with E-state index in [1.54, 1.807) is 12.1 Å². The highest BCUT2D eigenvalue weighted by molar-refractivity contribution is 5.94. The first kappa shape index (κ1) is 16.9. The van der Waals surface area contributed by atoms with E-state index in [0.717, 1.165) is 22.3 Å². The van der Waals surface area contributed by atoms with Gasteiger partial charge in [-0.25, -0.2) is 14.2 Å². The van der Waals surface area contributed by atoms with Gasteiger partial charge in [0.1, 0.15) is 11.6 Å². The number of benzene rings is 2. The van der Waals surface area contributed by atoms with Crippen LogP contribution < -0.4 is 10.6 Å². The van der Waals surface area contributed by atoms with E-state index in [1.165, 1.54) is 12.1 Å². The monoisotopic (exact) mass is 360 g/mol. The molecule has 134 valence electrons. The number of halogens is 1. The summed E-state index contributed by atoms with van der Waals surface area (Å²) in [4.78, 5) is 25.2. The van der Waals surface area contributed by atoms with Gasteiger partial charge < -0.3 is 9.88 Å². The Balaban J connectivity index is 1.88. The summed E-state index contributed by atoms with van der Waals surface area (Å²) in [5.74, 6) is 0.540. The summed E-state index contributed by atoms with van der Waals surface area (Å²) in [6.07, 6.45) is 1.81. The standard InChI is InChI=1S/C21H17FN4O/c1-26(2)19-10-6-15(12-23-19)14-5-9-18-17(11-14)20(25-21(27)24-18)13-3-7-16(22)8-4-13/h3-12H,1-2H3,(H,24,25,27). The first-order valence-electron chi connectivity index (χ1n) is 8.45. The zero-order valence-electron chi connectivity index (χ0n) is 14.9. The molecule has 2 heterocycles. The maximum Gasteiger partial charge on any atom is 0.345 e. The predicted octanol–water partition coefficient (Wildman–Crippen LogP) is 3.86. The second-order valence-corrected chi connectivity index (χ2v) is 6.46. The first-order valence-corrected chi connectivity index (χ1v) is 8.45. The van der Waals surface area contributed by atoms with Crippen molar-refractivity contribution >= 4 is 16.7 Å². The normalized spacial score (nSPS) is 10.9. The van der Waals surface area contributed by atoms with Crippen LogP contribution in [0.5, 0.6) is 0 Å². The number of nitrogens with zero attached hydrogens (tertiary/aromatic N) is 3. The van der Waals surface area contributed by atoms with E-state index in [4.69, 9.17) is 0 Å². The molecule has 4 rings (SSSR count). The minimum Gasteiger partial charge on any atom is -0.363 e. The number of hydrogen-bond donors (Lipinski definition) is 1. The van der Waals surface area contributed by atoms with Crippen LogP contribution in [0.1, 0.15) is 0 Å². The van der Waals surface area contributed by atoms with Crippen molar-refractivity contribution in [2.24, 2.45) is 0 Å². The van der Waals surface area contributed by atoms with Gasteiger partial charge >= 0.3 is 5.69 Å². The second-order valence-electron chi connectivity index (χ2n) is 6.46. The fraction of sp³-hybridized carbons (Fsp3) is 0.0952. The Hall–Kier alpha value is -3.54. The molecule has 0 aliphatic carbocycles. The Kier molecular flexibility index (Phi) is 4.16. The van der Waals surface area contributed by atoms with Gasteiger partial charge in [0.2, 0.25) is 0 Å². The van der Waals surface area contributed by atoms with Gasteiger partial charge in [0.15, 0.2) is 0 Å². The Morgan fingerprint density at radius 1 is 0.926 bits per heavy atom. The van der Waals surface area contributed by atoms with Crippen molar-refractivity contribution in [3.63, 3.8) is 0 Å². The fourth-order valence-electron chi connectivity index (χ4n) is 2.98. The molecular weight excluding hydrogens is 343 g/mol. The molecule has 27 heavy (non-hydrogen) atoms. The van der Waals surface area contributed by atoms with E-state index in [0.29, 0.717) is 16.8 Å². The van der Waals surface area contributed by atoms with Crippen LogP contribution in [0.25, 0.3) is 33.3 Å². The maximum atomic E-state index is 13.3. The first-order chi connectivity index (χ1) is 13.0. The lowest BCUT2D eigenvalue weighted by atomic mass is 10.0. The largest absolute Gasteiger partial charge is 0.363 e. The third-order valence-electron chi connectivity index (χ3n) is 4.39. The molecule has 2 aromatic carbocycles. The lowest BCUT2D eigenvalue weighted by Crippen LogP contribution is -2.11. The molecule has 0 aliphatic heterocycles. The quantitative estimate of drug-likeness (QED) is 0.603. The minimum absolute atomic E-state index is 0.333. The zero-order chi connectivity index (χ0) is 19.0. The van der Waals surface area contributed by atoms with Gasteiger partial charge in [0.25, 0.3) is 0 Å². The average molecular weight is 360 g/mol. The van der Waals surface area contributed by atoms with Gasteiger partial charge in [0.05, 0.1) is 11.2 Å². The molecule has 5 nitrogen and oxygen atoms in total. The van der Waals surface area contributed by atoms with Crippen molar-refractivity contribution in [2.45, 2.75) is 0 Å². The molecule has 0 radical (unpaired) electrons. The maximum absolute atomic E-state index is 13.3. The number of pyridine rings is 1. The predicted molar refractivity (Wildman–Crippen MR) is 105 cm³/mol. The van der Waals surface area contributed by atoms with Gasteiger partial charge in [-0.15, -0.1) is 0 Å². The zero-order valence-corrected chi connectivity index (χ0v) is 14.9. The number of H-pyrrole nitrogens is 1. The van der Waals surface area contributed by atoms with Crippen molar-refractivity contribution in [1.29, 1.82) is 0 Å². The summed E-state index contributed by atoms with van der Waals surface area (Å²) in [6, 6.07) is 15.7. The lowest BCUT2D eigenvalue weighted by molar-refractivity contribution is 0.628. The van der Waals surface area contributed by atoms with Crippen molar-refractivity contribution in [2.75, 3.05) is 19.0 Å². The Morgan fingerprint density at radius 2 is 1.63 bits per heavy atom. The van der Waals surface area contributed by atoms with E-state index < -0.39 is 5.69 Å². The molecule has 0 saturated carbocycles. The molecule has 4 aromatic rings. The van der Waals surface area contributed by atoms with E-state index in [9.17, 15) is 9.18 Å². The highest BCUT2D eigenvalue weighted by Crippen LogP contribution is 2.29. The topological polar surface area (TPSA) is 61.9 Å². The van der Waals surface area contributed by atoms with E-state index >= 15 is 0 Å². The molecule has 0 saturated heterocycles. The van der Waals surface area contributed by atoms with Crippen LogP contribution in [0.4, 0.5) is 10.2 Å². The van der Waals surface area contributed by atoms with Crippen LogP contribution in [0.3, 0.4) is 0 Å². The van der Waals surface area contributed by atoms with Crippen LogP contribution in [-0.2, 0) is 0 Å². The summed E-state index contributed by atoms with van der Waals surface area (Å²) in [6.45, 7) is 0. The summed E-state index contributed by atoms with van der Waals surface area (Å²) >= 11 is 0. The van der Waals surface area contributed by atoms with Crippen molar-refractivity contribution in [3.05, 3.63) is 77.1 Å². The number of anilines is 1. The third-order valence-corrected chi connectivity index (χ3v) is 4.39. The summed E-state index contributed by atoms with van der Waals surface area (Å²) in [5.41, 5.74) is 3.36. The Morgan fingerprint density at radius 3 is 2.30 bits per heavy atom. The molecule has 0 unspecified atom stereocenters. The van der Waals surface area contributed by atoms with E-state index in [2.05, 4.69) is 15.0 Å². The van der Waals surface area contributed by atoms with Gasteiger partial charge in [0, 0.05) is 36.8 Å². The summed E-state index contributed by atoms with van der Waals surface area (Å²) < 4.78 is 13.3. The van der Waals surface area contributed by atoms with Crippen molar-refractivity contribution in [1.82, 2.24) is 15.0 Å². The van der Waals surface area contributed by atoms with Crippen LogP contribution in [0.15, 0.2) is 65.6 Å². The smallest absolute Gasteiger partial charge is 0.345 e. The molecule has 0 atom stereocenters. The van der Waals surface area contributed by atoms with Gasteiger partial charge in [-0.3, -0.25) is 0 Å². The van der Waals surface area contributed by atoms with Crippen molar-refractivity contribution < 1.29 is 4.39 Å². The average Bonchev–Trinajstić information content (AvgIpc) is 2.68. The van der Waals surface area contributed by atoms with Crippen LogP contribution in [-0.4, -0.2) is 29.0 Å². The number of rotatable bonds is 3. The summed E-state index contributed by atoms with van der Waals surface area (Å²) in [5, 5.41) is 0.787. The highest BCUT2D eigenvalue weighted by atomic mass is 19.1. The van der Waals surface area contributed by atoms with E-state index in [-0.39, 0.29) is 5.82 Å². The van der Waals surface area contributed by atoms with Crippen molar-refractivity contribution in [3.8, 4) is 22.4 Å². The molecule has 0 aliphatic rings. The fourth-order valence-corrected chi connectivity index (χ4v) is 2.98. The molecule has 2 aromatic heterocycles. The van der Waals surface area contributed by atoms with Crippen LogP contribution >= 0.6 is 0 Å². The number of fused-ring (bicyclic) bond motifs is 1. The number of aromatic nitrogens is 3. The SMILES string of the molecule is CN(C)c1ccc(-c2ccc3[nH]c(=O)nc(-c4ccc(F)cc4)c3c2)cn1. The number of hydrogen-bond acceptors (Lipinski definition) is 4.